The van der Waals surface area contributed by atoms with Crippen molar-refractivity contribution in [3.63, 3.8) is 0 Å². The van der Waals surface area contributed by atoms with Crippen LogP contribution in [0.3, 0.4) is 0 Å². The van der Waals surface area contributed by atoms with E-state index in [2.05, 4.69) is 22.1 Å². The van der Waals surface area contributed by atoms with Crippen LogP contribution in [-0.2, 0) is 12.8 Å². The Kier molecular flexibility index (Phi) is 1.69. The third-order valence-corrected chi connectivity index (χ3v) is 2.78. The van der Waals surface area contributed by atoms with Gasteiger partial charge in [0.1, 0.15) is 5.76 Å². The minimum absolute atomic E-state index is 0.754. The van der Waals surface area contributed by atoms with E-state index in [0.717, 1.165) is 41.6 Å². The molecule has 15 heavy (non-hydrogen) atoms. The van der Waals surface area contributed by atoms with Crippen LogP contribution in [0.1, 0.15) is 34.3 Å². The number of hydrogen-bond acceptors (Lipinski definition) is 3. The van der Waals surface area contributed by atoms with Crippen molar-refractivity contribution in [2.45, 2.75) is 26.7 Å². The molecule has 0 aliphatic heterocycles. The van der Waals surface area contributed by atoms with Crippen LogP contribution in [0, 0.1) is 13.8 Å². The first-order valence-electron chi connectivity index (χ1n) is 5.13. The Bertz CT molecular complexity index is 528. The quantitative estimate of drug-likeness (QED) is 0.558. The highest BCUT2D eigenvalue weighted by atomic mass is 16.4. The van der Waals surface area contributed by atoms with Gasteiger partial charge in [0.25, 0.3) is 0 Å². The molecule has 0 spiro atoms. The molecule has 76 valence electrons. The van der Waals surface area contributed by atoms with Crippen LogP contribution < -0.4 is 0 Å². The first kappa shape index (κ1) is 8.65. The van der Waals surface area contributed by atoms with Crippen molar-refractivity contribution in [2.24, 2.45) is 0 Å². The Hall–Kier alpha value is -1.64. The maximum Gasteiger partial charge on any atom is 0.191 e. The topological polar surface area (TPSA) is 38.9 Å². The van der Waals surface area contributed by atoms with E-state index >= 15 is 0 Å². The number of hydrogen-bond donors (Lipinski definition) is 0. The summed E-state index contributed by atoms with van der Waals surface area (Å²) in [5.74, 6) is 1.74. The van der Waals surface area contributed by atoms with Gasteiger partial charge in [0.05, 0.1) is 17.8 Å². The van der Waals surface area contributed by atoms with Crippen LogP contribution in [-0.4, -0.2) is 9.97 Å². The predicted octanol–water partition coefficient (Wildman–Crippen LogP) is 2.18. The largest absolute Gasteiger partial charge is 0.445 e. The van der Waals surface area contributed by atoms with E-state index in [1.807, 2.05) is 13.8 Å². The molecule has 0 fully saturated rings. The molecule has 3 rings (SSSR count). The van der Waals surface area contributed by atoms with Gasteiger partial charge in [0, 0.05) is 19.0 Å². The summed E-state index contributed by atoms with van der Waals surface area (Å²) >= 11 is 0. The summed E-state index contributed by atoms with van der Waals surface area (Å²) in [7, 11) is 0. The maximum atomic E-state index is 5.55. The molecule has 3 heteroatoms. The molecule has 2 heterocycles. The minimum Gasteiger partial charge on any atom is -0.445 e. The normalized spacial score (nSPS) is 13.5. The molecule has 0 saturated carbocycles. The minimum atomic E-state index is 0.754. The van der Waals surface area contributed by atoms with Crippen molar-refractivity contribution in [1.29, 1.82) is 0 Å². The fourth-order valence-corrected chi connectivity index (χ4v) is 2.07. The van der Waals surface area contributed by atoms with Gasteiger partial charge in [-0.2, -0.15) is 0 Å². The second-order valence-electron chi connectivity index (χ2n) is 4.01. The number of oxazole rings is 1. The van der Waals surface area contributed by atoms with Gasteiger partial charge in [0.15, 0.2) is 5.89 Å². The number of rotatable bonds is 0. The third kappa shape index (κ3) is 1.35. The van der Waals surface area contributed by atoms with Gasteiger partial charge in [-0.1, -0.05) is 6.07 Å². The van der Waals surface area contributed by atoms with E-state index in [0.29, 0.717) is 0 Å². The summed E-state index contributed by atoms with van der Waals surface area (Å²) in [5.41, 5.74) is 4.55. The Labute approximate surface area is 88.2 Å². The fraction of sp³-hybridized carbons (Fsp3) is 0.333. The lowest BCUT2D eigenvalue weighted by molar-refractivity contribution is 0.478. The van der Waals surface area contributed by atoms with Crippen LogP contribution in [0.15, 0.2) is 16.5 Å². The highest BCUT2D eigenvalue weighted by Gasteiger charge is 2.21. The summed E-state index contributed by atoms with van der Waals surface area (Å²) in [4.78, 5) is 8.91. The van der Waals surface area contributed by atoms with Crippen LogP contribution >= 0.6 is 0 Å². The second kappa shape index (κ2) is 2.92. The molecule has 0 atom stereocenters. The Morgan fingerprint density at radius 2 is 1.93 bits per heavy atom. The number of nitrogens with zero attached hydrogens (tertiary/aromatic N) is 2. The van der Waals surface area contributed by atoms with Gasteiger partial charge in [-0.05, 0) is 18.6 Å². The summed E-state index contributed by atoms with van der Waals surface area (Å²) in [6.07, 6.45) is 1.64. The van der Waals surface area contributed by atoms with E-state index in [1.54, 1.807) is 0 Å². The smallest absolute Gasteiger partial charge is 0.191 e. The molecular formula is C12H12N2O. The molecular weight excluding hydrogens is 188 g/mol. The molecule has 2 aromatic heterocycles. The van der Waals surface area contributed by atoms with Crippen molar-refractivity contribution in [2.75, 3.05) is 0 Å². The zero-order chi connectivity index (χ0) is 10.4. The SMILES string of the molecule is Cc1ccc2c(n1)Cc1oc(C)nc1C2. The van der Waals surface area contributed by atoms with Gasteiger partial charge in [0.2, 0.25) is 0 Å². The first-order chi connectivity index (χ1) is 7.22. The lowest BCUT2D eigenvalue weighted by atomic mass is 9.97. The number of fused-ring (bicyclic) bond motifs is 2. The maximum absolute atomic E-state index is 5.55. The molecule has 1 aliphatic carbocycles. The molecule has 0 amide bonds. The van der Waals surface area contributed by atoms with E-state index in [9.17, 15) is 0 Å². The lowest BCUT2D eigenvalue weighted by Crippen LogP contribution is -2.08. The Morgan fingerprint density at radius 1 is 1.07 bits per heavy atom. The molecule has 0 radical (unpaired) electrons. The lowest BCUT2D eigenvalue weighted by Gasteiger charge is -2.13. The van der Waals surface area contributed by atoms with E-state index in [1.165, 1.54) is 5.56 Å². The fourth-order valence-electron chi connectivity index (χ4n) is 2.07. The van der Waals surface area contributed by atoms with Crippen LogP contribution in [0.5, 0.6) is 0 Å². The summed E-state index contributed by atoms with van der Waals surface area (Å²) in [5, 5.41) is 0. The Balaban J connectivity index is 2.10. The van der Waals surface area contributed by atoms with Crippen LogP contribution in [0.2, 0.25) is 0 Å². The zero-order valence-electron chi connectivity index (χ0n) is 8.87. The zero-order valence-corrected chi connectivity index (χ0v) is 8.87. The van der Waals surface area contributed by atoms with Gasteiger partial charge >= 0.3 is 0 Å². The third-order valence-electron chi connectivity index (χ3n) is 2.78. The van der Waals surface area contributed by atoms with E-state index in [-0.39, 0.29) is 0 Å². The number of aryl methyl sites for hydroxylation is 2. The molecule has 2 aromatic rings. The summed E-state index contributed by atoms with van der Waals surface area (Å²) in [6.45, 7) is 3.91. The summed E-state index contributed by atoms with van der Waals surface area (Å²) < 4.78 is 5.55. The standard InChI is InChI=1S/C12H12N2O/c1-7-3-4-9-5-11-12(6-10(9)13-7)15-8(2)14-11/h3-4H,5-6H2,1-2H3. The van der Waals surface area contributed by atoms with Crippen LogP contribution in [0.25, 0.3) is 0 Å². The van der Waals surface area contributed by atoms with Crippen molar-refractivity contribution in [3.8, 4) is 0 Å². The van der Waals surface area contributed by atoms with Gasteiger partial charge in [-0.15, -0.1) is 0 Å². The molecule has 0 saturated heterocycles. The molecule has 0 N–H and O–H groups in total. The van der Waals surface area contributed by atoms with Gasteiger partial charge in [-0.25, -0.2) is 4.98 Å². The number of aromatic nitrogens is 2. The van der Waals surface area contributed by atoms with E-state index in [4.69, 9.17) is 4.42 Å². The average molecular weight is 200 g/mol. The van der Waals surface area contributed by atoms with Crippen molar-refractivity contribution < 1.29 is 4.42 Å². The van der Waals surface area contributed by atoms with Crippen LogP contribution in [0.4, 0.5) is 0 Å². The Morgan fingerprint density at radius 3 is 2.80 bits per heavy atom. The highest BCUT2D eigenvalue weighted by Crippen LogP contribution is 2.26. The highest BCUT2D eigenvalue weighted by molar-refractivity contribution is 5.36. The molecule has 1 aliphatic rings. The predicted molar refractivity (Wildman–Crippen MR) is 55.8 cm³/mol. The first-order valence-corrected chi connectivity index (χ1v) is 5.13. The van der Waals surface area contributed by atoms with Crippen molar-refractivity contribution in [3.05, 3.63) is 46.4 Å². The van der Waals surface area contributed by atoms with Crippen molar-refractivity contribution in [1.82, 2.24) is 9.97 Å². The van der Waals surface area contributed by atoms with Crippen molar-refractivity contribution >= 4 is 0 Å². The molecule has 3 nitrogen and oxygen atoms in total. The van der Waals surface area contributed by atoms with Gasteiger partial charge < -0.3 is 4.42 Å². The number of pyridine rings is 1. The van der Waals surface area contributed by atoms with E-state index < -0.39 is 0 Å². The monoisotopic (exact) mass is 200 g/mol. The average Bonchev–Trinajstić information content (AvgIpc) is 2.53. The molecule has 0 unspecified atom stereocenters. The van der Waals surface area contributed by atoms with Gasteiger partial charge in [-0.3, -0.25) is 4.98 Å². The molecule has 0 bridgehead atoms. The second-order valence-corrected chi connectivity index (χ2v) is 4.01. The summed E-state index contributed by atoms with van der Waals surface area (Å²) in [6, 6.07) is 4.20. The molecule has 0 aromatic carbocycles.